The van der Waals surface area contributed by atoms with E-state index in [0.29, 0.717) is 17.9 Å². The van der Waals surface area contributed by atoms with Crippen LogP contribution in [0, 0.1) is 0 Å². The Morgan fingerprint density at radius 1 is 1.44 bits per heavy atom. The Morgan fingerprint density at radius 3 is 2.62 bits per heavy atom. The summed E-state index contributed by atoms with van der Waals surface area (Å²) >= 11 is 0. The summed E-state index contributed by atoms with van der Waals surface area (Å²) in [4.78, 5) is 0. The average Bonchev–Trinajstić information content (AvgIpc) is 2.24. The second-order valence-corrected chi connectivity index (χ2v) is 3.48. The fourth-order valence-electron chi connectivity index (χ4n) is 1.33. The zero-order chi connectivity index (χ0) is 12.2. The molecule has 0 unspecified atom stereocenters. The Hall–Kier alpha value is -1.42. The fraction of sp³-hybridized carbons (Fsp3) is 0.333. The van der Waals surface area contributed by atoms with Crippen molar-refractivity contribution in [1.29, 1.82) is 0 Å². The lowest BCUT2D eigenvalue weighted by atomic mass is 10.0. The Kier molecular flexibility index (Phi) is 4.01. The van der Waals surface area contributed by atoms with E-state index in [9.17, 15) is 8.78 Å². The van der Waals surface area contributed by atoms with Crippen molar-refractivity contribution in [3.05, 3.63) is 35.4 Å². The maximum atomic E-state index is 13.1. The van der Waals surface area contributed by atoms with E-state index in [-0.39, 0.29) is 5.56 Å². The molecule has 0 aliphatic heterocycles. The molecule has 0 aromatic heterocycles. The first kappa shape index (κ1) is 12.6. The summed E-state index contributed by atoms with van der Waals surface area (Å²) in [5.41, 5.74) is 5.88. The van der Waals surface area contributed by atoms with Crippen LogP contribution in [0.4, 0.5) is 8.78 Å². The van der Waals surface area contributed by atoms with Gasteiger partial charge in [0.25, 0.3) is 5.92 Å². The van der Waals surface area contributed by atoms with Crippen molar-refractivity contribution in [1.82, 2.24) is 0 Å². The van der Waals surface area contributed by atoms with Gasteiger partial charge in [-0.3, -0.25) is 0 Å². The van der Waals surface area contributed by atoms with Crippen molar-refractivity contribution >= 4 is 6.08 Å². The minimum atomic E-state index is -2.85. The lowest BCUT2D eigenvalue weighted by Crippen LogP contribution is -2.07. The maximum absolute atomic E-state index is 13.1. The maximum Gasteiger partial charge on any atom is 0.270 e. The van der Waals surface area contributed by atoms with Crippen LogP contribution in [0.3, 0.4) is 0 Å². The molecule has 2 nitrogen and oxygen atoms in total. The zero-order valence-electron chi connectivity index (χ0n) is 9.34. The lowest BCUT2D eigenvalue weighted by Gasteiger charge is -2.13. The van der Waals surface area contributed by atoms with Crippen LogP contribution in [-0.2, 0) is 5.92 Å². The predicted molar refractivity (Wildman–Crippen MR) is 60.7 cm³/mol. The van der Waals surface area contributed by atoms with Gasteiger partial charge in [0.2, 0.25) is 0 Å². The van der Waals surface area contributed by atoms with E-state index in [0.717, 1.165) is 6.92 Å². The highest BCUT2D eigenvalue weighted by Gasteiger charge is 2.24. The van der Waals surface area contributed by atoms with Gasteiger partial charge in [-0.05, 0) is 18.2 Å². The molecule has 0 spiro atoms. The van der Waals surface area contributed by atoms with Gasteiger partial charge in [-0.1, -0.05) is 12.2 Å². The lowest BCUT2D eigenvalue weighted by molar-refractivity contribution is 0.0174. The molecule has 0 saturated heterocycles. The van der Waals surface area contributed by atoms with Crippen LogP contribution < -0.4 is 10.5 Å². The molecule has 1 aromatic rings. The van der Waals surface area contributed by atoms with E-state index in [1.807, 2.05) is 0 Å². The van der Waals surface area contributed by atoms with Crippen LogP contribution in [0.1, 0.15) is 18.1 Å². The van der Waals surface area contributed by atoms with Crippen LogP contribution in [0.5, 0.6) is 5.75 Å². The average molecular weight is 227 g/mol. The molecule has 0 heterocycles. The summed E-state index contributed by atoms with van der Waals surface area (Å²) in [6.45, 7) is 1.22. The summed E-state index contributed by atoms with van der Waals surface area (Å²) in [5.74, 6) is -2.30. The van der Waals surface area contributed by atoms with Crippen LogP contribution >= 0.6 is 0 Å². The van der Waals surface area contributed by atoms with E-state index in [4.69, 9.17) is 10.5 Å². The Bertz CT molecular complexity index is 383. The number of methoxy groups -OCH3 is 1. The third kappa shape index (κ3) is 3.03. The van der Waals surface area contributed by atoms with E-state index < -0.39 is 5.92 Å². The van der Waals surface area contributed by atoms with Gasteiger partial charge in [0, 0.05) is 24.6 Å². The molecule has 0 atom stereocenters. The quantitative estimate of drug-likeness (QED) is 0.858. The summed E-state index contributed by atoms with van der Waals surface area (Å²) in [6.07, 6.45) is 3.36. The van der Waals surface area contributed by atoms with Crippen molar-refractivity contribution in [2.24, 2.45) is 5.73 Å². The van der Waals surface area contributed by atoms with Gasteiger partial charge < -0.3 is 10.5 Å². The first-order valence-corrected chi connectivity index (χ1v) is 4.92. The first-order chi connectivity index (χ1) is 7.49. The third-order valence-electron chi connectivity index (χ3n) is 2.17. The predicted octanol–water partition coefficient (Wildman–Crippen LogP) is 2.78. The highest BCUT2D eigenvalue weighted by Crippen LogP contribution is 2.31. The van der Waals surface area contributed by atoms with E-state index in [1.54, 1.807) is 12.2 Å². The molecule has 0 fully saturated rings. The highest BCUT2D eigenvalue weighted by molar-refractivity contribution is 5.59. The van der Waals surface area contributed by atoms with Crippen LogP contribution in [0.15, 0.2) is 24.3 Å². The Balaban J connectivity index is 3.16. The van der Waals surface area contributed by atoms with Gasteiger partial charge in [0.1, 0.15) is 5.75 Å². The second-order valence-electron chi connectivity index (χ2n) is 3.48. The highest BCUT2D eigenvalue weighted by atomic mass is 19.3. The number of alkyl halides is 2. The Morgan fingerprint density at radius 2 is 2.12 bits per heavy atom. The third-order valence-corrected chi connectivity index (χ3v) is 2.17. The molecule has 2 N–H and O–H groups in total. The summed E-state index contributed by atoms with van der Waals surface area (Å²) in [5, 5.41) is 0. The fourth-order valence-corrected chi connectivity index (χ4v) is 1.33. The van der Waals surface area contributed by atoms with Crippen molar-refractivity contribution in [2.45, 2.75) is 12.8 Å². The molecule has 0 amide bonds. The van der Waals surface area contributed by atoms with Crippen molar-refractivity contribution in [3.8, 4) is 5.75 Å². The van der Waals surface area contributed by atoms with Gasteiger partial charge in [0.05, 0.1) is 7.11 Å². The standard InChI is InChI=1S/C12H15F2NO/c1-12(13,14)10-5-6-11(16-2)9(8-10)4-3-7-15/h3-6,8H,7,15H2,1-2H3/b4-3+. The first-order valence-electron chi connectivity index (χ1n) is 4.92. The smallest absolute Gasteiger partial charge is 0.270 e. The number of ether oxygens (including phenoxy) is 1. The second kappa shape index (κ2) is 5.07. The number of benzene rings is 1. The molecule has 0 aliphatic rings. The van der Waals surface area contributed by atoms with E-state index in [2.05, 4.69) is 0 Å². The molecule has 1 aromatic carbocycles. The molecule has 1 rings (SSSR count). The molecular formula is C12H15F2NO. The normalized spacial score (nSPS) is 12.1. The van der Waals surface area contributed by atoms with Gasteiger partial charge in [-0.15, -0.1) is 0 Å². The Labute approximate surface area is 93.7 Å². The monoisotopic (exact) mass is 227 g/mol. The molecule has 16 heavy (non-hydrogen) atoms. The molecule has 88 valence electrons. The van der Waals surface area contributed by atoms with Gasteiger partial charge in [-0.2, -0.15) is 0 Å². The van der Waals surface area contributed by atoms with Crippen molar-refractivity contribution < 1.29 is 13.5 Å². The minimum absolute atomic E-state index is 0.0371. The largest absolute Gasteiger partial charge is 0.496 e. The van der Waals surface area contributed by atoms with Crippen LogP contribution in [0.25, 0.3) is 6.08 Å². The summed E-state index contributed by atoms with van der Waals surface area (Å²) in [6, 6.07) is 4.30. The van der Waals surface area contributed by atoms with Crippen LogP contribution in [0.2, 0.25) is 0 Å². The van der Waals surface area contributed by atoms with E-state index >= 15 is 0 Å². The number of halogens is 2. The molecule has 0 radical (unpaired) electrons. The molecule has 4 heteroatoms. The summed E-state index contributed by atoms with van der Waals surface area (Å²) in [7, 11) is 1.50. The number of hydrogen-bond donors (Lipinski definition) is 1. The summed E-state index contributed by atoms with van der Waals surface area (Å²) < 4.78 is 31.3. The van der Waals surface area contributed by atoms with Gasteiger partial charge in [0.15, 0.2) is 0 Å². The molecule has 0 saturated carbocycles. The minimum Gasteiger partial charge on any atom is -0.496 e. The number of hydrogen-bond acceptors (Lipinski definition) is 2. The van der Waals surface area contributed by atoms with Crippen molar-refractivity contribution in [2.75, 3.05) is 13.7 Å². The SMILES string of the molecule is COc1ccc(C(C)(F)F)cc1/C=C/CN. The van der Waals surface area contributed by atoms with Gasteiger partial charge >= 0.3 is 0 Å². The van der Waals surface area contributed by atoms with Crippen molar-refractivity contribution in [3.63, 3.8) is 0 Å². The van der Waals surface area contributed by atoms with Crippen LogP contribution in [-0.4, -0.2) is 13.7 Å². The van der Waals surface area contributed by atoms with Gasteiger partial charge in [-0.25, -0.2) is 8.78 Å². The number of nitrogens with two attached hydrogens (primary N) is 1. The zero-order valence-corrected chi connectivity index (χ0v) is 9.34. The molecular weight excluding hydrogens is 212 g/mol. The molecule has 0 bridgehead atoms. The molecule has 0 aliphatic carbocycles. The topological polar surface area (TPSA) is 35.2 Å². The number of rotatable bonds is 4. The van der Waals surface area contributed by atoms with E-state index in [1.165, 1.54) is 25.3 Å².